The molecular formula is C11H15NO. The van der Waals surface area contributed by atoms with Gasteiger partial charge in [-0.1, -0.05) is 12.8 Å². The Morgan fingerprint density at radius 1 is 1.54 bits per heavy atom. The Balaban J connectivity index is 1.79. The molecule has 70 valence electrons. The first-order chi connectivity index (χ1) is 6.34. The minimum Gasteiger partial charge on any atom is -0.478 e. The van der Waals surface area contributed by atoms with Crippen molar-refractivity contribution in [3.63, 3.8) is 0 Å². The van der Waals surface area contributed by atoms with Crippen molar-refractivity contribution in [2.75, 3.05) is 6.61 Å². The SMILES string of the molecule is Cc1ccnc(OCCC2CC2)c1. The number of aryl methyl sites for hydroxylation is 1. The second-order valence-electron chi connectivity index (χ2n) is 3.75. The highest BCUT2D eigenvalue weighted by atomic mass is 16.5. The fraction of sp³-hybridized carbons (Fsp3) is 0.545. The first kappa shape index (κ1) is 8.54. The van der Waals surface area contributed by atoms with Crippen molar-refractivity contribution in [3.8, 4) is 5.88 Å². The molecule has 1 aromatic rings. The summed E-state index contributed by atoms with van der Waals surface area (Å²) in [6.07, 6.45) is 5.77. The van der Waals surface area contributed by atoms with Gasteiger partial charge in [0.2, 0.25) is 5.88 Å². The lowest BCUT2D eigenvalue weighted by molar-refractivity contribution is 0.291. The van der Waals surface area contributed by atoms with Crippen LogP contribution < -0.4 is 4.74 Å². The van der Waals surface area contributed by atoms with Crippen molar-refractivity contribution < 1.29 is 4.74 Å². The molecule has 0 radical (unpaired) electrons. The second kappa shape index (κ2) is 3.77. The summed E-state index contributed by atoms with van der Waals surface area (Å²) in [6, 6.07) is 3.96. The summed E-state index contributed by atoms with van der Waals surface area (Å²) in [5.74, 6) is 1.70. The van der Waals surface area contributed by atoms with Crippen molar-refractivity contribution >= 4 is 0 Å². The van der Waals surface area contributed by atoms with Gasteiger partial charge in [-0.2, -0.15) is 0 Å². The van der Waals surface area contributed by atoms with E-state index in [2.05, 4.69) is 11.9 Å². The van der Waals surface area contributed by atoms with Gasteiger partial charge in [0.25, 0.3) is 0 Å². The third kappa shape index (κ3) is 2.72. The smallest absolute Gasteiger partial charge is 0.213 e. The molecule has 0 N–H and O–H groups in total. The quantitative estimate of drug-likeness (QED) is 0.705. The lowest BCUT2D eigenvalue weighted by Crippen LogP contribution is -1.99. The second-order valence-corrected chi connectivity index (χ2v) is 3.75. The van der Waals surface area contributed by atoms with Crippen LogP contribution in [-0.2, 0) is 0 Å². The number of aromatic nitrogens is 1. The monoisotopic (exact) mass is 177 g/mol. The van der Waals surface area contributed by atoms with E-state index >= 15 is 0 Å². The zero-order valence-corrected chi connectivity index (χ0v) is 7.99. The molecule has 0 unspecified atom stereocenters. The predicted octanol–water partition coefficient (Wildman–Crippen LogP) is 2.57. The third-order valence-electron chi connectivity index (χ3n) is 2.36. The third-order valence-corrected chi connectivity index (χ3v) is 2.36. The Morgan fingerprint density at radius 2 is 2.38 bits per heavy atom. The van der Waals surface area contributed by atoms with Crippen molar-refractivity contribution in [3.05, 3.63) is 23.9 Å². The highest BCUT2D eigenvalue weighted by Gasteiger charge is 2.20. The highest BCUT2D eigenvalue weighted by molar-refractivity contribution is 5.18. The van der Waals surface area contributed by atoms with E-state index in [0.29, 0.717) is 0 Å². The van der Waals surface area contributed by atoms with Crippen LogP contribution in [0.2, 0.25) is 0 Å². The lowest BCUT2D eigenvalue weighted by atomic mass is 10.3. The molecule has 0 spiro atoms. The van der Waals surface area contributed by atoms with Crippen LogP contribution in [0.4, 0.5) is 0 Å². The Labute approximate surface area is 78.9 Å². The van der Waals surface area contributed by atoms with E-state index in [0.717, 1.165) is 18.4 Å². The number of hydrogen-bond donors (Lipinski definition) is 0. The van der Waals surface area contributed by atoms with E-state index in [9.17, 15) is 0 Å². The highest BCUT2D eigenvalue weighted by Crippen LogP contribution is 2.32. The van der Waals surface area contributed by atoms with Gasteiger partial charge in [0.1, 0.15) is 0 Å². The Bertz CT molecular complexity index is 281. The molecule has 1 aliphatic rings. The van der Waals surface area contributed by atoms with E-state index in [4.69, 9.17) is 4.74 Å². The van der Waals surface area contributed by atoms with E-state index in [-0.39, 0.29) is 0 Å². The molecular weight excluding hydrogens is 162 g/mol. The molecule has 2 rings (SSSR count). The maximum atomic E-state index is 5.53. The molecule has 0 aliphatic heterocycles. The Hall–Kier alpha value is -1.05. The summed E-state index contributed by atoms with van der Waals surface area (Å²) in [5.41, 5.74) is 1.21. The molecule has 0 saturated heterocycles. The summed E-state index contributed by atoms with van der Waals surface area (Å²) >= 11 is 0. The molecule has 2 nitrogen and oxygen atoms in total. The summed E-state index contributed by atoms with van der Waals surface area (Å²) in [4.78, 5) is 4.13. The first-order valence-electron chi connectivity index (χ1n) is 4.90. The molecule has 1 fully saturated rings. The van der Waals surface area contributed by atoms with E-state index in [1.54, 1.807) is 6.20 Å². The Kier molecular flexibility index (Phi) is 2.48. The fourth-order valence-electron chi connectivity index (χ4n) is 1.32. The van der Waals surface area contributed by atoms with Crippen LogP contribution in [-0.4, -0.2) is 11.6 Å². The van der Waals surface area contributed by atoms with E-state index in [1.807, 2.05) is 12.1 Å². The van der Waals surface area contributed by atoms with Crippen molar-refractivity contribution in [1.29, 1.82) is 0 Å². The maximum absolute atomic E-state index is 5.53. The number of rotatable bonds is 4. The van der Waals surface area contributed by atoms with Crippen LogP contribution in [0.25, 0.3) is 0 Å². The minimum atomic E-state index is 0.764. The summed E-state index contributed by atoms with van der Waals surface area (Å²) in [7, 11) is 0. The molecule has 1 aromatic heterocycles. The normalized spacial score (nSPS) is 15.8. The minimum absolute atomic E-state index is 0.764. The fourth-order valence-corrected chi connectivity index (χ4v) is 1.32. The topological polar surface area (TPSA) is 22.1 Å². The van der Waals surface area contributed by atoms with Gasteiger partial charge in [-0.05, 0) is 30.9 Å². The summed E-state index contributed by atoms with van der Waals surface area (Å²) in [5, 5.41) is 0. The van der Waals surface area contributed by atoms with Gasteiger partial charge in [0.15, 0.2) is 0 Å². The van der Waals surface area contributed by atoms with Crippen molar-refractivity contribution in [2.24, 2.45) is 5.92 Å². The van der Waals surface area contributed by atoms with Gasteiger partial charge < -0.3 is 4.74 Å². The standard InChI is InChI=1S/C11H15NO/c1-9-4-6-12-11(8-9)13-7-5-10-2-3-10/h4,6,8,10H,2-3,5,7H2,1H3. The number of ether oxygens (including phenoxy) is 1. The van der Waals surface area contributed by atoms with Crippen LogP contribution in [0.15, 0.2) is 18.3 Å². The van der Waals surface area contributed by atoms with Crippen LogP contribution in [0.5, 0.6) is 5.88 Å². The molecule has 0 bridgehead atoms. The predicted molar refractivity (Wildman–Crippen MR) is 51.8 cm³/mol. The van der Waals surface area contributed by atoms with Crippen LogP contribution in [0.1, 0.15) is 24.8 Å². The largest absolute Gasteiger partial charge is 0.478 e. The molecule has 13 heavy (non-hydrogen) atoms. The van der Waals surface area contributed by atoms with Gasteiger partial charge in [-0.3, -0.25) is 0 Å². The van der Waals surface area contributed by atoms with Gasteiger partial charge in [-0.25, -0.2) is 4.98 Å². The molecule has 1 heterocycles. The van der Waals surface area contributed by atoms with Crippen molar-refractivity contribution in [1.82, 2.24) is 4.98 Å². The number of pyridine rings is 1. The molecule has 0 aromatic carbocycles. The number of hydrogen-bond acceptors (Lipinski definition) is 2. The molecule has 1 saturated carbocycles. The average molecular weight is 177 g/mol. The summed E-state index contributed by atoms with van der Waals surface area (Å²) < 4.78 is 5.53. The molecule has 0 amide bonds. The van der Waals surface area contributed by atoms with Gasteiger partial charge in [-0.15, -0.1) is 0 Å². The lowest BCUT2D eigenvalue weighted by Gasteiger charge is -2.04. The Morgan fingerprint density at radius 3 is 3.08 bits per heavy atom. The first-order valence-corrected chi connectivity index (χ1v) is 4.90. The van der Waals surface area contributed by atoms with Gasteiger partial charge in [0, 0.05) is 12.3 Å². The van der Waals surface area contributed by atoms with Crippen LogP contribution in [0.3, 0.4) is 0 Å². The summed E-state index contributed by atoms with van der Waals surface area (Å²) in [6.45, 7) is 2.87. The maximum Gasteiger partial charge on any atom is 0.213 e. The molecule has 0 atom stereocenters. The zero-order chi connectivity index (χ0) is 9.10. The average Bonchev–Trinajstić information content (AvgIpc) is 2.88. The van der Waals surface area contributed by atoms with E-state index < -0.39 is 0 Å². The molecule has 1 aliphatic carbocycles. The van der Waals surface area contributed by atoms with Crippen molar-refractivity contribution in [2.45, 2.75) is 26.2 Å². The van der Waals surface area contributed by atoms with Gasteiger partial charge >= 0.3 is 0 Å². The van der Waals surface area contributed by atoms with Crippen LogP contribution >= 0.6 is 0 Å². The van der Waals surface area contributed by atoms with E-state index in [1.165, 1.54) is 24.8 Å². The van der Waals surface area contributed by atoms with Crippen LogP contribution in [0, 0.1) is 12.8 Å². The molecule has 2 heteroatoms. The van der Waals surface area contributed by atoms with Gasteiger partial charge in [0.05, 0.1) is 6.61 Å². The number of nitrogens with zero attached hydrogens (tertiary/aromatic N) is 1. The zero-order valence-electron chi connectivity index (χ0n) is 7.99.